The largest absolute Gasteiger partial charge is 0.503 e. The first-order valence-electron chi connectivity index (χ1n) is 9.02. The van der Waals surface area contributed by atoms with Crippen LogP contribution in [0.15, 0.2) is 53.1 Å². The highest BCUT2D eigenvalue weighted by Gasteiger charge is 2.44. The van der Waals surface area contributed by atoms with E-state index in [2.05, 4.69) is 0 Å². The van der Waals surface area contributed by atoms with Gasteiger partial charge in [0.2, 0.25) is 5.78 Å². The van der Waals surface area contributed by atoms with E-state index in [1.807, 2.05) is 32.0 Å². The van der Waals surface area contributed by atoms with Crippen LogP contribution in [0.4, 0.5) is 0 Å². The number of carbonyl (C=O) groups excluding carboxylic acids is 2. The number of hydrogen-bond donors (Lipinski definition) is 1. The molecule has 1 aromatic heterocycles. The Labute approximate surface area is 168 Å². The van der Waals surface area contributed by atoms with E-state index in [4.69, 9.17) is 9.47 Å². The van der Waals surface area contributed by atoms with E-state index in [0.29, 0.717) is 16.2 Å². The number of ketones is 1. The number of nitrogens with zero attached hydrogens (tertiary/aromatic N) is 1. The van der Waals surface area contributed by atoms with Crippen LogP contribution in [0.1, 0.15) is 35.1 Å². The number of aliphatic hydroxyl groups is 1. The van der Waals surface area contributed by atoms with Gasteiger partial charge in [0.05, 0.1) is 29.2 Å². The molecule has 0 bridgehead atoms. The van der Waals surface area contributed by atoms with E-state index in [0.717, 1.165) is 0 Å². The molecule has 7 heteroatoms. The van der Waals surface area contributed by atoms with Gasteiger partial charge in [-0.3, -0.25) is 9.59 Å². The van der Waals surface area contributed by atoms with Crippen molar-refractivity contribution in [2.45, 2.75) is 26.0 Å². The number of benzene rings is 1. The molecule has 1 unspecified atom stereocenters. The summed E-state index contributed by atoms with van der Waals surface area (Å²) in [5.74, 6) is -0.880. The lowest BCUT2D eigenvalue weighted by atomic mass is 9.94. The van der Waals surface area contributed by atoms with Crippen molar-refractivity contribution < 1.29 is 24.2 Å². The average molecular weight is 401 g/mol. The summed E-state index contributed by atoms with van der Waals surface area (Å²) in [6, 6.07) is 9.98. The maximum atomic E-state index is 13.1. The van der Waals surface area contributed by atoms with Crippen LogP contribution in [-0.4, -0.2) is 48.1 Å². The molecule has 0 saturated heterocycles. The Hall–Kier alpha value is -2.64. The van der Waals surface area contributed by atoms with Gasteiger partial charge in [0, 0.05) is 19.2 Å². The Balaban J connectivity index is 2.12. The van der Waals surface area contributed by atoms with E-state index < -0.39 is 17.7 Å². The molecule has 0 saturated carbocycles. The molecule has 0 radical (unpaired) electrons. The molecular formula is C21H23NO5S. The van der Waals surface area contributed by atoms with Crippen molar-refractivity contribution in [3.8, 4) is 5.75 Å². The summed E-state index contributed by atoms with van der Waals surface area (Å²) in [6.07, 6.45) is -0.0836. The molecular weight excluding hydrogens is 378 g/mol. The third-order valence-electron chi connectivity index (χ3n) is 4.41. The van der Waals surface area contributed by atoms with Crippen LogP contribution in [-0.2, 0) is 9.53 Å². The van der Waals surface area contributed by atoms with Crippen molar-refractivity contribution in [1.29, 1.82) is 0 Å². The van der Waals surface area contributed by atoms with Crippen LogP contribution in [0.5, 0.6) is 5.75 Å². The van der Waals surface area contributed by atoms with E-state index in [1.54, 1.807) is 23.6 Å². The zero-order valence-corrected chi connectivity index (χ0v) is 16.9. The molecule has 0 aliphatic carbocycles. The fraction of sp³-hybridized carbons (Fsp3) is 0.333. The zero-order valence-electron chi connectivity index (χ0n) is 16.0. The lowest BCUT2D eigenvalue weighted by molar-refractivity contribution is -0.130. The van der Waals surface area contributed by atoms with Crippen molar-refractivity contribution in [3.63, 3.8) is 0 Å². The third-order valence-corrected chi connectivity index (χ3v) is 5.27. The molecule has 2 heterocycles. The summed E-state index contributed by atoms with van der Waals surface area (Å²) in [4.78, 5) is 27.9. The predicted molar refractivity (Wildman–Crippen MR) is 107 cm³/mol. The Morgan fingerprint density at radius 2 is 2.00 bits per heavy atom. The second kappa shape index (κ2) is 8.58. The summed E-state index contributed by atoms with van der Waals surface area (Å²) in [5, 5.41) is 12.4. The number of methoxy groups -OCH3 is 1. The fourth-order valence-corrected chi connectivity index (χ4v) is 3.92. The molecule has 6 nitrogen and oxygen atoms in total. The number of rotatable bonds is 8. The first-order chi connectivity index (χ1) is 13.5. The molecule has 2 aromatic rings. The molecule has 1 atom stereocenters. The van der Waals surface area contributed by atoms with Crippen molar-refractivity contribution in [2.24, 2.45) is 0 Å². The van der Waals surface area contributed by atoms with Crippen LogP contribution < -0.4 is 4.74 Å². The first-order valence-corrected chi connectivity index (χ1v) is 9.90. The Morgan fingerprint density at radius 3 is 2.64 bits per heavy atom. The lowest BCUT2D eigenvalue weighted by Gasteiger charge is -2.28. The number of Topliss-reactive ketones (excluding diaryl/α,β-unsaturated/α-hetero) is 1. The van der Waals surface area contributed by atoms with Crippen LogP contribution in [0.25, 0.3) is 0 Å². The van der Waals surface area contributed by atoms with Gasteiger partial charge in [-0.25, -0.2) is 0 Å². The summed E-state index contributed by atoms with van der Waals surface area (Å²) in [6.45, 7) is 4.33. The molecule has 1 aromatic carbocycles. The Kier molecular flexibility index (Phi) is 6.16. The van der Waals surface area contributed by atoms with Gasteiger partial charge in [0.25, 0.3) is 5.91 Å². The summed E-state index contributed by atoms with van der Waals surface area (Å²) >= 11 is 1.27. The summed E-state index contributed by atoms with van der Waals surface area (Å²) in [5.41, 5.74) is 0.730. The number of thiophene rings is 1. The van der Waals surface area contributed by atoms with Gasteiger partial charge >= 0.3 is 0 Å². The predicted octanol–water partition coefficient (Wildman–Crippen LogP) is 3.76. The van der Waals surface area contributed by atoms with Crippen molar-refractivity contribution in [1.82, 2.24) is 4.90 Å². The van der Waals surface area contributed by atoms with Crippen LogP contribution in [0.3, 0.4) is 0 Å². The van der Waals surface area contributed by atoms with Gasteiger partial charge in [0.1, 0.15) is 5.75 Å². The first kappa shape index (κ1) is 20.1. The van der Waals surface area contributed by atoms with E-state index in [-0.39, 0.29) is 30.6 Å². The summed E-state index contributed by atoms with van der Waals surface area (Å²) in [7, 11) is 1.54. The third kappa shape index (κ3) is 3.81. The monoisotopic (exact) mass is 401 g/mol. The molecule has 148 valence electrons. The smallest absolute Gasteiger partial charge is 0.290 e. The SMILES string of the molecule is COCCN1C(=O)C(O)=C(C(=O)c2cccs2)C1c1ccccc1OC(C)C. The van der Waals surface area contributed by atoms with E-state index in [9.17, 15) is 14.7 Å². The fourth-order valence-electron chi connectivity index (χ4n) is 3.24. The Bertz CT molecular complexity index is 888. The highest BCUT2D eigenvalue weighted by molar-refractivity contribution is 7.12. The van der Waals surface area contributed by atoms with Crippen molar-refractivity contribution >= 4 is 23.0 Å². The molecule has 1 N–H and O–H groups in total. The minimum atomic E-state index is -0.743. The van der Waals surface area contributed by atoms with Crippen molar-refractivity contribution in [3.05, 3.63) is 63.6 Å². The number of ether oxygens (including phenoxy) is 2. The standard InChI is InChI=1S/C21H23NO5S/c1-13(2)27-15-8-5-4-7-14(15)18-17(19(23)16-9-6-12-28-16)20(24)21(25)22(18)10-11-26-3/h4-9,12-13,18,24H,10-11H2,1-3H3. The summed E-state index contributed by atoms with van der Waals surface area (Å²) < 4.78 is 11.0. The molecule has 0 spiro atoms. The van der Waals surface area contributed by atoms with Crippen molar-refractivity contribution in [2.75, 3.05) is 20.3 Å². The second-order valence-corrected chi connectivity index (χ2v) is 7.61. The van der Waals surface area contributed by atoms with E-state index in [1.165, 1.54) is 23.3 Å². The second-order valence-electron chi connectivity index (χ2n) is 6.67. The molecule has 1 amide bonds. The maximum absolute atomic E-state index is 13.1. The van der Waals surface area contributed by atoms with Gasteiger partial charge < -0.3 is 19.5 Å². The van der Waals surface area contributed by atoms with E-state index >= 15 is 0 Å². The van der Waals surface area contributed by atoms with Crippen LogP contribution >= 0.6 is 11.3 Å². The average Bonchev–Trinajstić information content (AvgIpc) is 3.28. The molecule has 3 rings (SSSR count). The quantitative estimate of drug-likeness (QED) is 0.682. The van der Waals surface area contributed by atoms with Gasteiger partial charge in [-0.15, -0.1) is 11.3 Å². The number of amides is 1. The molecule has 28 heavy (non-hydrogen) atoms. The normalized spacial score (nSPS) is 16.9. The zero-order chi connectivity index (χ0) is 20.3. The molecule has 1 aliphatic heterocycles. The highest BCUT2D eigenvalue weighted by Crippen LogP contribution is 2.42. The minimum absolute atomic E-state index is 0.0726. The number of aliphatic hydroxyl groups excluding tert-OH is 1. The van der Waals surface area contributed by atoms with Gasteiger partial charge in [-0.2, -0.15) is 0 Å². The number of para-hydroxylation sites is 1. The highest BCUT2D eigenvalue weighted by atomic mass is 32.1. The number of carbonyl (C=O) groups is 2. The maximum Gasteiger partial charge on any atom is 0.290 e. The van der Waals surface area contributed by atoms with Gasteiger partial charge in [0.15, 0.2) is 5.76 Å². The van der Waals surface area contributed by atoms with Gasteiger partial charge in [-0.1, -0.05) is 24.3 Å². The Morgan fingerprint density at radius 1 is 1.25 bits per heavy atom. The lowest BCUT2D eigenvalue weighted by Crippen LogP contribution is -2.34. The molecule has 0 fully saturated rings. The number of hydrogen-bond acceptors (Lipinski definition) is 6. The van der Waals surface area contributed by atoms with Crippen LogP contribution in [0.2, 0.25) is 0 Å². The molecule has 1 aliphatic rings. The van der Waals surface area contributed by atoms with Crippen LogP contribution in [0, 0.1) is 0 Å². The topological polar surface area (TPSA) is 76.1 Å². The minimum Gasteiger partial charge on any atom is -0.503 e. The van der Waals surface area contributed by atoms with Gasteiger partial charge in [-0.05, 0) is 31.4 Å².